The van der Waals surface area contributed by atoms with Crippen molar-refractivity contribution >= 4 is 21.6 Å². The number of piperidine rings is 1. The van der Waals surface area contributed by atoms with Gasteiger partial charge in [0.15, 0.2) is 0 Å². The first-order valence-corrected chi connectivity index (χ1v) is 10.6. The predicted molar refractivity (Wildman–Crippen MR) is 104 cm³/mol. The van der Waals surface area contributed by atoms with Crippen molar-refractivity contribution < 1.29 is 13.2 Å². The number of rotatable bonds is 3. The van der Waals surface area contributed by atoms with E-state index in [0.717, 1.165) is 11.3 Å². The van der Waals surface area contributed by atoms with Crippen LogP contribution in [0.4, 0.5) is 5.69 Å². The van der Waals surface area contributed by atoms with E-state index in [0.29, 0.717) is 37.5 Å². The second-order valence-electron chi connectivity index (χ2n) is 7.18. The third-order valence-corrected chi connectivity index (χ3v) is 7.48. The molecule has 2 saturated heterocycles. The number of hydrogen-bond donors (Lipinski definition) is 1. The third-order valence-electron chi connectivity index (χ3n) is 5.58. The molecular weight excluding hydrogens is 362 g/mol. The minimum atomic E-state index is -3.55. The highest BCUT2D eigenvalue weighted by atomic mass is 32.2. The number of carbonyl (C=O) groups excluding carboxylic acids is 1. The molecule has 0 unspecified atom stereocenters. The Morgan fingerprint density at radius 3 is 2.37 bits per heavy atom. The second-order valence-corrected chi connectivity index (χ2v) is 9.12. The maximum absolute atomic E-state index is 13.0. The minimum Gasteiger partial charge on any atom is -0.339 e. The highest BCUT2D eigenvalue weighted by Gasteiger charge is 2.51. The van der Waals surface area contributed by atoms with Crippen LogP contribution in [0.5, 0.6) is 0 Å². The summed E-state index contributed by atoms with van der Waals surface area (Å²) in [5.74, 6) is -0.0149. The average Bonchev–Trinajstić information content (AvgIpc) is 2.99. The lowest BCUT2D eigenvalue weighted by Crippen LogP contribution is -2.57. The maximum Gasteiger partial charge on any atom is 0.247 e. The van der Waals surface area contributed by atoms with Crippen molar-refractivity contribution in [3.63, 3.8) is 0 Å². The van der Waals surface area contributed by atoms with Gasteiger partial charge in [0.25, 0.3) is 0 Å². The molecule has 2 aliphatic heterocycles. The van der Waals surface area contributed by atoms with E-state index in [9.17, 15) is 13.2 Å². The van der Waals surface area contributed by atoms with Crippen LogP contribution in [0.2, 0.25) is 0 Å². The summed E-state index contributed by atoms with van der Waals surface area (Å²) < 4.78 is 27.5. The van der Waals surface area contributed by atoms with Crippen LogP contribution in [-0.2, 0) is 14.8 Å². The summed E-state index contributed by atoms with van der Waals surface area (Å²) in [5, 5.41) is 2.94. The zero-order chi connectivity index (χ0) is 19.1. The molecule has 2 fully saturated rings. The third kappa shape index (κ3) is 3.00. The van der Waals surface area contributed by atoms with Gasteiger partial charge in [-0.2, -0.15) is 4.31 Å². The summed E-state index contributed by atoms with van der Waals surface area (Å²) in [6.45, 7) is 2.98. The van der Waals surface area contributed by atoms with Crippen LogP contribution in [0.25, 0.3) is 0 Å². The summed E-state index contributed by atoms with van der Waals surface area (Å²) in [6, 6.07) is 16.8. The van der Waals surface area contributed by atoms with E-state index in [4.69, 9.17) is 0 Å². The first kappa shape index (κ1) is 18.0. The van der Waals surface area contributed by atoms with Gasteiger partial charge in [0.1, 0.15) is 5.54 Å². The number of amides is 1. The Hall–Kier alpha value is -2.38. The molecule has 6 nitrogen and oxygen atoms in total. The molecule has 2 aromatic carbocycles. The van der Waals surface area contributed by atoms with E-state index in [1.807, 2.05) is 43.3 Å². The molecule has 2 heterocycles. The molecule has 0 aliphatic carbocycles. The van der Waals surface area contributed by atoms with E-state index in [-0.39, 0.29) is 5.91 Å². The zero-order valence-electron chi connectivity index (χ0n) is 15.3. The first-order valence-electron chi connectivity index (χ1n) is 9.11. The number of anilines is 1. The summed E-state index contributed by atoms with van der Waals surface area (Å²) in [6.07, 6.45) is 0.942. The monoisotopic (exact) mass is 385 g/mol. The van der Waals surface area contributed by atoms with Crippen LogP contribution < -0.4 is 10.2 Å². The normalized spacial score (nSPS) is 20.0. The Morgan fingerprint density at radius 2 is 1.70 bits per heavy atom. The Kier molecular flexibility index (Phi) is 4.44. The van der Waals surface area contributed by atoms with Crippen LogP contribution in [0.3, 0.4) is 0 Å². The van der Waals surface area contributed by atoms with Gasteiger partial charge in [0.05, 0.1) is 11.6 Å². The molecule has 4 rings (SSSR count). The number of aryl methyl sites for hydroxylation is 1. The predicted octanol–water partition coefficient (Wildman–Crippen LogP) is 2.11. The number of carbonyl (C=O) groups is 1. The summed E-state index contributed by atoms with van der Waals surface area (Å²) >= 11 is 0. The summed E-state index contributed by atoms with van der Waals surface area (Å²) in [5.41, 5.74) is 1.21. The topological polar surface area (TPSA) is 69.7 Å². The van der Waals surface area contributed by atoms with E-state index in [2.05, 4.69) is 10.2 Å². The number of hydrogen-bond acceptors (Lipinski definition) is 4. The van der Waals surface area contributed by atoms with Gasteiger partial charge >= 0.3 is 0 Å². The Labute approximate surface area is 159 Å². The highest BCUT2D eigenvalue weighted by molar-refractivity contribution is 7.89. The van der Waals surface area contributed by atoms with Gasteiger partial charge < -0.3 is 10.2 Å². The van der Waals surface area contributed by atoms with E-state index >= 15 is 0 Å². The van der Waals surface area contributed by atoms with Crippen LogP contribution in [0.1, 0.15) is 18.4 Å². The highest BCUT2D eigenvalue weighted by Crippen LogP contribution is 2.37. The lowest BCUT2D eigenvalue weighted by molar-refractivity contribution is -0.124. The number of para-hydroxylation sites is 1. The fourth-order valence-corrected chi connectivity index (χ4v) is 5.60. The van der Waals surface area contributed by atoms with Crippen LogP contribution in [0.15, 0.2) is 59.5 Å². The maximum atomic E-state index is 13.0. The molecular formula is C20H23N3O3S. The molecule has 2 aliphatic rings. The Morgan fingerprint density at radius 1 is 1.00 bits per heavy atom. The van der Waals surface area contributed by atoms with Crippen molar-refractivity contribution in [3.8, 4) is 0 Å². The fraction of sp³-hybridized carbons (Fsp3) is 0.350. The van der Waals surface area contributed by atoms with Crippen molar-refractivity contribution in [2.75, 3.05) is 24.7 Å². The Bertz CT molecular complexity index is 951. The van der Waals surface area contributed by atoms with E-state index < -0.39 is 15.6 Å². The summed E-state index contributed by atoms with van der Waals surface area (Å²) in [4.78, 5) is 15.1. The molecule has 7 heteroatoms. The Balaban J connectivity index is 1.58. The van der Waals surface area contributed by atoms with Gasteiger partial charge in [-0.05, 0) is 49.6 Å². The molecule has 1 N–H and O–H groups in total. The molecule has 0 bridgehead atoms. The van der Waals surface area contributed by atoms with Gasteiger partial charge in [0.2, 0.25) is 15.9 Å². The molecule has 2 aromatic rings. The van der Waals surface area contributed by atoms with E-state index in [1.165, 1.54) is 4.31 Å². The van der Waals surface area contributed by atoms with Crippen LogP contribution in [0, 0.1) is 6.92 Å². The number of nitrogens with one attached hydrogen (secondary N) is 1. The van der Waals surface area contributed by atoms with Gasteiger partial charge in [0, 0.05) is 18.8 Å². The lowest BCUT2D eigenvalue weighted by Gasteiger charge is -2.42. The minimum absolute atomic E-state index is 0.0149. The number of sulfonamides is 1. The molecule has 0 saturated carbocycles. The van der Waals surface area contributed by atoms with Crippen molar-refractivity contribution in [1.29, 1.82) is 0 Å². The zero-order valence-corrected chi connectivity index (χ0v) is 16.1. The van der Waals surface area contributed by atoms with Crippen LogP contribution in [-0.4, -0.2) is 43.9 Å². The molecule has 1 spiro atoms. The standard InChI is InChI=1S/C20H23N3O3S/c1-16-6-5-9-18(14-16)27(25,26)22-12-10-20(11-13-22)19(24)21-15-23(20)17-7-3-2-4-8-17/h2-9,14H,10-13,15H2,1H3,(H,21,24). The summed E-state index contributed by atoms with van der Waals surface area (Å²) in [7, 11) is -3.55. The SMILES string of the molecule is Cc1cccc(S(=O)(=O)N2CCC3(CC2)C(=O)NCN3c2ccccc2)c1. The molecule has 1 amide bonds. The number of benzene rings is 2. The van der Waals surface area contributed by atoms with Gasteiger partial charge in [-0.25, -0.2) is 8.42 Å². The fourth-order valence-electron chi connectivity index (χ4n) is 4.05. The van der Waals surface area contributed by atoms with Crippen molar-refractivity contribution in [3.05, 3.63) is 60.2 Å². The largest absolute Gasteiger partial charge is 0.339 e. The molecule has 0 aromatic heterocycles. The number of nitrogens with zero attached hydrogens (tertiary/aromatic N) is 2. The molecule has 0 radical (unpaired) electrons. The smallest absolute Gasteiger partial charge is 0.247 e. The van der Waals surface area contributed by atoms with Crippen molar-refractivity contribution in [1.82, 2.24) is 9.62 Å². The van der Waals surface area contributed by atoms with Gasteiger partial charge in [-0.3, -0.25) is 4.79 Å². The van der Waals surface area contributed by atoms with Crippen molar-refractivity contribution in [2.45, 2.75) is 30.2 Å². The lowest BCUT2D eigenvalue weighted by atomic mass is 9.86. The van der Waals surface area contributed by atoms with Gasteiger partial charge in [-0.15, -0.1) is 0 Å². The molecule has 142 valence electrons. The first-order chi connectivity index (χ1) is 12.9. The van der Waals surface area contributed by atoms with E-state index in [1.54, 1.807) is 18.2 Å². The van der Waals surface area contributed by atoms with Gasteiger partial charge in [-0.1, -0.05) is 30.3 Å². The molecule has 27 heavy (non-hydrogen) atoms. The second kappa shape index (κ2) is 6.65. The van der Waals surface area contributed by atoms with Crippen LogP contribution >= 0.6 is 0 Å². The average molecular weight is 385 g/mol. The van der Waals surface area contributed by atoms with Crippen molar-refractivity contribution in [2.24, 2.45) is 0 Å². The molecule has 0 atom stereocenters. The quantitative estimate of drug-likeness (QED) is 0.879.